The molecule has 0 bridgehead atoms. The number of nitrogens with one attached hydrogen (secondary N) is 5. The Morgan fingerprint density at radius 2 is 1.62 bits per heavy atom. The number of hydrogen-bond acceptors (Lipinski definition) is 6. The van der Waals surface area contributed by atoms with Crippen LogP contribution in [0.3, 0.4) is 0 Å². The van der Waals surface area contributed by atoms with E-state index in [9.17, 15) is 18.0 Å². The summed E-state index contributed by atoms with van der Waals surface area (Å²) in [5, 5.41) is 2.31. The van der Waals surface area contributed by atoms with Crippen molar-refractivity contribution >= 4 is 11.5 Å². The molecule has 1 amide bonds. The van der Waals surface area contributed by atoms with Gasteiger partial charge in [0.2, 0.25) is 0 Å². The molecule has 3 aromatic rings. The molecule has 1 fully saturated rings. The Balaban J connectivity index is 1.42. The van der Waals surface area contributed by atoms with Crippen LogP contribution in [0.5, 0.6) is 0 Å². The van der Waals surface area contributed by atoms with Crippen molar-refractivity contribution in [2.24, 2.45) is 0 Å². The number of amides is 1. The van der Waals surface area contributed by atoms with E-state index >= 15 is 0 Å². The van der Waals surface area contributed by atoms with Crippen molar-refractivity contribution < 1.29 is 22.7 Å². The minimum absolute atomic E-state index is 0.0773. The van der Waals surface area contributed by atoms with E-state index in [1.165, 1.54) is 24.3 Å². The summed E-state index contributed by atoms with van der Waals surface area (Å²) in [6.07, 6.45) is -6.02. The van der Waals surface area contributed by atoms with Crippen molar-refractivity contribution in [1.29, 1.82) is 0 Å². The summed E-state index contributed by atoms with van der Waals surface area (Å²) in [7, 11) is 0. The first-order valence-electron chi connectivity index (χ1n) is 12.7. The van der Waals surface area contributed by atoms with Gasteiger partial charge < -0.3 is 10.1 Å². The molecule has 40 heavy (non-hydrogen) atoms. The van der Waals surface area contributed by atoms with Gasteiger partial charge in [0.1, 0.15) is 12.8 Å². The predicted octanol–water partition coefficient (Wildman–Crippen LogP) is 3.74. The lowest BCUT2D eigenvalue weighted by atomic mass is 9.76. The molecular weight excluding hydrogens is 519 g/mol. The summed E-state index contributed by atoms with van der Waals surface area (Å²) >= 11 is 0. The van der Waals surface area contributed by atoms with Gasteiger partial charge in [-0.05, 0) is 41.3 Å². The van der Waals surface area contributed by atoms with Crippen molar-refractivity contribution in [3.05, 3.63) is 112 Å². The first-order valence-corrected chi connectivity index (χ1v) is 12.7. The number of rotatable bonds is 6. The average molecular weight is 548 g/mol. The van der Waals surface area contributed by atoms with E-state index in [1.54, 1.807) is 12.1 Å². The van der Waals surface area contributed by atoms with Crippen molar-refractivity contribution in [2.45, 2.75) is 37.8 Å². The first kappa shape index (κ1) is 27.6. The van der Waals surface area contributed by atoms with Gasteiger partial charge in [-0.1, -0.05) is 84.1 Å². The Bertz CT molecular complexity index is 1440. The zero-order chi connectivity index (χ0) is 28.2. The summed E-state index contributed by atoms with van der Waals surface area (Å²) < 4.78 is 50.3. The molecule has 0 spiro atoms. The van der Waals surface area contributed by atoms with Gasteiger partial charge in [-0.3, -0.25) is 4.79 Å². The molecule has 206 valence electrons. The van der Waals surface area contributed by atoms with Crippen LogP contribution < -0.4 is 27.2 Å². The fourth-order valence-electron chi connectivity index (χ4n) is 4.80. The van der Waals surface area contributed by atoms with E-state index in [0.717, 1.165) is 11.1 Å². The highest BCUT2D eigenvalue weighted by atomic mass is 19.4. The van der Waals surface area contributed by atoms with Crippen LogP contribution in [0.4, 0.5) is 13.2 Å². The normalized spacial score (nSPS) is 19.8. The highest BCUT2D eigenvalue weighted by Crippen LogP contribution is 2.48. The average Bonchev–Trinajstić information content (AvgIpc) is 3.48. The SMILES string of the molecule is Cc1ccc(C2=C(C3NNNN3)C(=O)NC(c3ccc(C#CCOCc4ccccc4)cc3)(C(F)(F)F)C2)cc1. The zero-order valence-electron chi connectivity index (χ0n) is 21.7. The van der Waals surface area contributed by atoms with E-state index in [2.05, 4.69) is 39.1 Å². The Labute approximate surface area is 230 Å². The second kappa shape index (κ2) is 11.6. The van der Waals surface area contributed by atoms with Crippen LogP contribution in [-0.4, -0.2) is 24.9 Å². The summed E-state index contributed by atoms with van der Waals surface area (Å²) in [5.41, 5.74) is 11.7. The molecule has 0 aliphatic carbocycles. The standard InChI is InChI=1S/C30H28F3N5O2/c1-20-9-13-23(14-10-20)25-18-29(30(31,32)33,34-28(39)26(25)27-35-37-38-36-27)24-15-11-21(12-16-24)8-5-17-40-19-22-6-3-2-4-7-22/h2-4,6-7,9-16,27,35-38H,17-19H2,1H3,(H,34,39). The Morgan fingerprint density at radius 3 is 2.27 bits per heavy atom. The molecule has 2 aliphatic heterocycles. The Hall–Kier alpha value is -3.98. The quantitative estimate of drug-likeness (QED) is 0.239. The zero-order valence-corrected chi connectivity index (χ0v) is 21.7. The summed E-state index contributed by atoms with van der Waals surface area (Å²) in [4.78, 5) is 13.4. The molecule has 1 unspecified atom stereocenters. The third kappa shape index (κ3) is 5.79. The number of carbonyl (C=O) groups excluding carboxylic acids is 1. The number of hydrogen-bond donors (Lipinski definition) is 5. The minimum Gasteiger partial charge on any atom is -0.364 e. The van der Waals surface area contributed by atoms with Gasteiger partial charge in [0, 0.05) is 12.0 Å². The van der Waals surface area contributed by atoms with E-state index in [4.69, 9.17) is 4.74 Å². The third-order valence-electron chi connectivity index (χ3n) is 6.90. The van der Waals surface area contributed by atoms with Crippen molar-refractivity contribution in [2.75, 3.05) is 6.61 Å². The molecule has 5 N–H and O–H groups in total. The molecule has 7 nitrogen and oxygen atoms in total. The Kier molecular flexibility index (Phi) is 8.02. The van der Waals surface area contributed by atoms with Gasteiger partial charge in [0.25, 0.3) is 5.91 Å². The largest absolute Gasteiger partial charge is 0.416 e. The van der Waals surface area contributed by atoms with Crippen LogP contribution in [0.1, 0.15) is 34.2 Å². The number of halogens is 3. The van der Waals surface area contributed by atoms with Gasteiger partial charge in [-0.15, -0.1) is 0 Å². The van der Waals surface area contributed by atoms with Gasteiger partial charge in [-0.2, -0.15) is 24.2 Å². The molecule has 3 aromatic carbocycles. The molecule has 10 heteroatoms. The second-order valence-corrected chi connectivity index (χ2v) is 9.62. The fraction of sp³-hybridized carbons (Fsp3) is 0.233. The monoisotopic (exact) mass is 547 g/mol. The predicted molar refractivity (Wildman–Crippen MR) is 144 cm³/mol. The summed E-state index contributed by atoms with van der Waals surface area (Å²) in [5.74, 6) is 4.99. The maximum atomic E-state index is 14.9. The van der Waals surface area contributed by atoms with Crippen LogP contribution in [0.25, 0.3) is 5.57 Å². The summed E-state index contributed by atoms with van der Waals surface area (Å²) in [6, 6.07) is 22.5. The lowest BCUT2D eigenvalue weighted by Crippen LogP contribution is -2.60. The van der Waals surface area contributed by atoms with E-state index in [-0.39, 0.29) is 23.3 Å². The van der Waals surface area contributed by atoms with Crippen LogP contribution in [-0.2, 0) is 21.7 Å². The second-order valence-electron chi connectivity index (χ2n) is 9.62. The van der Waals surface area contributed by atoms with Gasteiger partial charge >= 0.3 is 6.18 Å². The third-order valence-corrected chi connectivity index (χ3v) is 6.90. The number of carbonyl (C=O) groups is 1. The molecule has 0 saturated carbocycles. The smallest absolute Gasteiger partial charge is 0.364 e. The number of hydrazine groups is 3. The van der Waals surface area contributed by atoms with Crippen LogP contribution in [0.2, 0.25) is 0 Å². The van der Waals surface area contributed by atoms with E-state index < -0.39 is 30.2 Å². The van der Waals surface area contributed by atoms with Crippen molar-refractivity contribution in [3.8, 4) is 11.8 Å². The molecule has 1 saturated heterocycles. The highest BCUT2D eigenvalue weighted by molar-refractivity contribution is 6.05. The minimum atomic E-state index is -4.78. The van der Waals surface area contributed by atoms with Crippen molar-refractivity contribution in [3.63, 3.8) is 0 Å². The topological polar surface area (TPSA) is 86.5 Å². The number of ether oxygens (including phenoxy) is 1. The maximum absolute atomic E-state index is 14.9. The number of alkyl halides is 3. The Morgan fingerprint density at radius 1 is 0.950 bits per heavy atom. The molecule has 5 rings (SSSR count). The van der Waals surface area contributed by atoms with Crippen LogP contribution >= 0.6 is 0 Å². The van der Waals surface area contributed by atoms with Crippen LogP contribution in [0, 0.1) is 18.8 Å². The molecule has 0 radical (unpaired) electrons. The molecule has 2 heterocycles. The molecule has 2 aliphatic rings. The van der Waals surface area contributed by atoms with Gasteiger partial charge in [0.15, 0.2) is 5.54 Å². The fourth-order valence-corrected chi connectivity index (χ4v) is 4.80. The number of aryl methyl sites for hydroxylation is 1. The number of benzene rings is 3. The first-order chi connectivity index (χ1) is 19.3. The van der Waals surface area contributed by atoms with E-state index in [1.807, 2.05) is 49.4 Å². The molecule has 1 atom stereocenters. The highest BCUT2D eigenvalue weighted by Gasteiger charge is 2.60. The van der Waals surface area contributed by atoms with E-state index in [0.29, 0.717) is 17.7 Å². The van der Waals surface area contributed by atoms with Crippen molar-refractivity contribution in [1.82, 2.24) is 27.2 Å². The van der Waals surface area contributed by atoms with Crippen LogP contribution in [0.15, 0.2) is 84.4 Å². The van der Waals surface area contributed by atoms with Gasteiger partial charge in [0.05, 0.1) is 12.2 Å². The maximum Gasteiger partial charge on any atom is 0.416 e. The molecule has 0 aromatic heterocycles. The lowest BCUT2D eigenvalue weighted by molar-refractivity contribution is -0.202. The lowest BCUT2D eigenvalue weighted by Gasteiger charge is -2.42. The van der Waals surface area contributed by atoms with Gasteiger partial charge in [-0.25, -0.2) is 10.9 Å². The summed E-state index contributed by atoms with van der Waals surface area (Å²) in [6.45, 7) is 2.49. The molecular formula is C30H28F3N5O2.